The van der Waals surface area contributed by atoms with Gasteiger partial charge in [0.2, 0.25) is 5.91 Å². The number of amides is 1. The minimum atomic E-state index is -0.590. The molecule has 1 N–H and O–H groups in total. The van der Waals surface area contributed by atoms with Crippen molar-refractivity contribution < 1.29 is 9.72 Å². The molecule has 0 saturated heterocycles. The third kappa shape index (κ3) is 2.97. The molecule has 0 fully saturated rings. The van der Waals surface area contributed by atoms with E-state index in [1.165, 1.54) is 16.5 Å². The molecule has 3 aromatic rings. The number of hydrogen-bond acceptors (Lipinski definition) is 5. The predicted molar refractivity (Wildman–Crippen MR) is 86.2 cm³/mol. The van der Waals surface area contributed by atoms with Crippen LogP contribution in [0.15, 0.2) is 47.4 Å². The average Bonchev–Trinajstić information content (AvgIpc) is 2.85. The summed E-state index contributed by atoms with van der Waals surface area (Å²) in [6.45, 7) is -0.312. The number of nitrogens with zero attached hydrogens (tertiary/aromatic N) is 4. The van der Waals surface area contributed by atoms with Crippen molar-refractivity contribution in [1.82, 2.24) is 14.2 Å². The van der Waals surface area contributed by atoms with Crippen LogP contribution in [0.5, 0.6) is 0 Å². The highest BCUT2D eigenvalue weighted by molar-refractivity contribution is 6.33. The number of nitro benzene ring substituents is 1. The summed E-state index contributed by atoms with van der Waals surface area (Å²) >= 11 is 5.91. The van der Waals surface area contributed by atoms with Crippen molar-refractivity contribution in [3.63, 3.8) is 0 Å². The molecule has 122 valence electrons. The van der Waals surface area contributed by atoms with Gasteiger partial charge < -0.3 is 5.32 Å². The molecule has 2 aromatic heterocycles. The lowest BCUT2D eigenvalue weighted by Crippen LogP contribution is -2.28. The second-order valence-corrected chi connectivity index (χ2v) is 5.25. The van der Waals surface area contributed by atoms with E-state index in [0.29, 0.717) is 5.65 Å². The monoisotopic (exact) mass is 347 g/mol. The molecule has 3 rings (SSSR count). The van der Waals surface area contributed by atoms with Crippen LogP contribution in [0, 0.1) is 10.1 Å². The third-order valence-corrected chi connectivity index (χ3v) is 3.53. The van der Waals surface area contributed by atoms with Crippen LogP contribution in [0.4, 0.5) is 11.4 Å². The number of carbonyl (C=O) groups excluding carboxylic acids is 1. The summed E-state index contributed by atoms with van der Waals surface area (Å²) in [4.78, 5) is 34.2. The zero-order valence-corrected chi connectivity index (χ0v) is 12.8. The standard InChI is InChI=1S/C14H10ClN5O4/c15-10-7-9(20(23)24)4-5-11(10)16-13(21)8-19-14(22)18-6-2-1-3-12(18)17-19/h1-7H,8H2,(H,16,21). The highest BCUT2D eigenvalue weighted by atomic mass is 35.5. The maximum absolute atomic E-state index is 12.1. The van der Waals surface area contributed by atoms with Crippen LogP contribution in [-0.2, 0) is 11.3 Å². The summed E-state index contributed by atoms with van der Waals surface area (Å²) in [5, 5.41) is 17.2. The fourth-order valence-electron chi connectivity index (χ4n) is 2.12. The second-order valence-electron chi connectivity index (χ2n) is 4.84. The topological polar surface area (TPSA) is 112 Å². The highest BCUT2D eigenvalue weighted by Gasteiger charge is 2.14. The Morgan fingerprint density at radius 2 is 2.12 bits per heavy atom. The van der Waals surface area contributed by atoms with Crippen molar-refractivity contribution in [2.75, 3.05) is 5.32 Å². The van der Waals surface area contributed by atoms with Gasteiger partial charge in [-0.2, -0.15) is 0 Å². The lowest BCUT2D eigenvalue weighted by Gasteiger charge is -2.06. The van der Waals surface area contributed by atoms with Crippen LogP contribution in [0.25, 0.3) is 5.65 Å². The number of non-ortho nitro benzene ring substituents is 1. The molecule has 24 heavy (non-hydrogen) atoms. The van der Waals surface area contributed by atoms with E-state index in [1.54, 1.807) is 24.4 Å². The molecule has 2 heterocycles. The number of rotatable bonds is 4. The Morgan fingerprint density at radius 3 is 2.79 bits per heavy atom. The first-order valence-electron chi connectivity index (χ1n) is 6.74. The van der Waals surface area contributed by atoms with Crippen LogP contribution in [-0.4, -0.2) is 25.0 Å². The molecule has 0 aliphatic heterocycles. The van der Waals surface area contributed by atoms with Gasteiger partial charge in [0.1, 0.15) is 6.54 Å². The number of nitrogens with one attached hydrogen (secondary N) is 1. The van der Waals surface area contributed by atoms with E-state index in [1.807, 2.05) is 0 Å². The van der Waals surface area contributed by atoms with E-state index in [4.69, 9.17) is 11.6 Å². The smallest absolute Gasteiger partial charge is 0.323 e. The highest BCUT2D eigenvalue weighted by Crippen LogP contribution is 2.26. The van der Waals surface area contributed by atoms with Gasteiger partial charge in [-0.3, -0.25) is 19.3 Å². The van der Waals surface area contributed by atoms with E-state index < -0.39 is 16.5 Å². The number of aromatic nitrogens is 3. The Kier molecular flexibility index (Phi) is 4.00. The van der Waals surface area contributed by atoms with Crippen LogP contribution in [0.2, 0.25) is 5.02 Å². The van der Waals surface area contributed by atoms with Crippen LogP contribution < -0.4 is 11.0 Å². The Hall–Kier alpha value is -3.20. The van der Waals surface area contributed by atoms with Crippen molar-refractivity contribution in [3.05, 3.63) is 68.2 Å². The van der Waals surface area contributed by atoms with Crippen LogP contribution in [0.3, 0.4) is 0 Å². The minimum absolute atomic E-state index is 0.0277. The quantitative estimate of drug-likeness (QED) is 0.570. The van der Waals surface area contributed by atoms with Crippen molar-refractivity contribution in [2.24, 2.45) is 0 Å². The first-order chi connectivity index (χ1) is 11.5. The predicted octanol–water partition coefficient (Wildman–Crippen LogP) is 1.70. The first-order valence-corrected chi connectivity index (χ1v) is 7.11. The van der Waals surface area contributed by atoms with Gasteiger partial charge in [0.15, 0.2) is 5.65 Å². The van der Waals surface area contributed by atoms with Crippen molar-refractivity contribution >= 4 is 34.5 Å². The molecule has 0 aliphatic carbocycles. The fourth-order valence-corrected chi connectivity index (χ4v) is 2.34. The molecule has 1 aromatic carbocycles. The van der Waals surface area contributed by atoms with Crippen LogP contribution >= 0.6 is 11.6 Å². The molecule has 10 heteroatoms. The molecular formula is C14H10ClN5O4. The van der Waals surface area contributed by atoms with Gasteiger partial charge in [0, 0.05) is 18.3 Å². The Bertz CT molecular complexity index is 1010. The van der Waals surface area contributed by atoms with E-state index in [2.05, 4.69) is 10.4 Å². The number of fused-ring (bicyclic) bond motifs is 1. The summed E-state index contributed by atoms with van der Waals surface area (Å²) in [7, 11) is 0. The molecule has 0 unspecified atom stereocenters. The number of carbonyl (C=O) groups is 1. The maximum atomic E-state index is 12.1. The van der Waals surface area contributed by atoms with E-state index in [9.17, 15) is 19.7 Å². The molecule has 0 aliphatic rings. The number of hydrogen-bond donors (Lipinski definition) is 1. The summed E-state index contributed by atoms with van der Waals surface area (Å²) in [6.07, 6.45) is 1.55. The number of anilines is 1. The number of benzene rings is 1. The van der Waals surface area contributed by atoms with Crippen molar-refractivity contribution in [2.45, 2.75) is 6.54 Å². The Balaban J connectivity index is 1.79. The lowest BCUT2D eigenvalue weighted by atomic mass is 10.3. The maximum Gasteiger partial charge on any atom is 0.350 e. The zero-order valence-electron chi connectivity index (χ0n) is 12.0. The van der Waals surface area contributed by atoms with Gasteiger partial charge in [-0.05, 0) is 18.2 Å². The molecule has 9 nitrogen and oxygen atoms in total. The van der Waals surface area contributed by atoms with Crippen LogP contribution in [0.1, 0.15) is 0 Å². The minimum Gasteiger partial charge on any atom is -0.323 e. The molecule has 1 amide bonds. The van der Waals surface area contributed by atoms with Gasteiger partial charge >= 0.3 is 5.69 Å². The number of halogens is 1. The Labute approximate surface area is 139 Å². The van der Waals surface area contributed by atoms with E-state index in [0.717, 1.165) is 10.7 Å². The van der Waals surface area contributed by atoms with Gasteiger partial charge in [0.25, 0.3) is 5.69 Å². The molecule has 0 saturated carbocycles. The largest absolute Gasteiger partial charge is 0.350 e. The normalized spacial score (nSPS) is 10.7. The van der Waals surface area contributed by atoms with Gasteiger partial charge in [-0.15, -0.1) is 5.10 Å². The molecule has 0 radical (unpaired) electrons. The molecular weight excluding hydrogens is 338 g/mol. The van der Waals surface area contributed by atoms with E-state index >= 15 is 0 Å². The lowest BCUT2D eigenvalue weighted by molar-refractivity contribution is -0.384. The summed E-state index contributed by atoms with van der Waals surface area (Å²) in [5.41, 5.74) is -0.00198. The summed E-state index contributed by atoms with van der Waals surface area (Å²) in [5.74, 6) is -0.531. The SMILES string of the molecule is O=C(Cn1nc2ccccn2c1=O)Nc1ccc([N+](=O)[O-])cc1Cl. The summed E-state index contributed by atoms with van der Waals surface area (Å²) in [6, 6.07) is 8.72. The molecule has 0 atom stereocenters. The molecule has 0 spiro atoms. The average molecular weight is 348 g/mol. The molecule has 0 bridgehead atoms. The number of pyridine rings is 1. The fraction of sp³-hybridized carbons (Fsp3) is 0.0714. The summed E-state index contributed by atoms with van der Waals surface area (Å²) < 4.78 is 2.33. The number of nitro groups is 1. The van der Waals surface area contributed by atoms with Gasteiger partial charge in [-0.25, -0.2) is 9.48 Å². The van der Waals surface area contributed by atoms with Crippen molar-refractivity contribution in [1.29, 1.82) is 0 Å². The third-order valence-electron chi connectivity index (χ3n) is 3.22. The van der Waals surface area contributed by atoms with Crippen molar-refractivity contribution in [3.8, 4) is 0 Å². The Morgan fingerprint density at radius 1 is 1.33 bits per heavy atom. The first kappa shape index (κ1) is 15.7. The van der Waals surface area contributed by atoms with Gasteiger partial charge in [0.05, 0.1) is 15.6 Å². The van der Waals surface area contributed by atoms with E-state index in [-0.39, 0.29) is 22.9 Å². The zero-order chi connectivity index (χ0) is 17.3. The second kappa shape index (κ2) is 6.13. The van der Waals surface area contributed by atoms with Gasteiger partial charge in [-0.1, -0.05) is 17.7 Å².